The van der Waals surface area contributed by atoms with Crippen LogP contribution in [0.1, 0.15) is 0 Å². The molecule has 0 aliphatic heterocycles. The number of halogens is 1. The van der Waals surface area contributed by atoms with Crippen molar-refractivity contribution in [3.8, 4) is 22.8 Å². The summed E-state index contributed by atoms with van der Waals surface area (Å²) in [5.41, 5.74) is 1.56. The number of aromatic nitrogens is 3. The molecule has 0 spiro atoms. The zero-order valence-electron chi connectivity index (χ0n) is 10.7. The van der Waals surface area contributed by atoms with Crippen LogP contribution < -0.4 is 0 Å². The Labute approximate surface area is 124 Å². The molecule has 0 saturated heterocycles. The van der Waals surface area contributed by atoms with Crippen molar-refractivity contribution in [1.29, 1.82) is 0 Å². The molecule has 7 heteroatoms. The van der Waals surface area contributed by atoms with Crippen molar-refractivity contribution in [2.75, 3.05) is 0 Å². The van der Waals surface area contributed by atoms with E-state index < -0.39 is 4.92 Å². The topological polar surface area (TPSA) is 84.7 Å². The molecule has 0 aliphatic rings. The maximum absolute atomic E-state index is 10.6. The highest BCUT2D eigenvalue weighted by molar-refractivity contribution is 6.30. The van der Waals surface area contributed by atoms with Gasteiger partial charge in [-0.15, -0.1) is 0 Å². The van der Waals surface area contributed by atoms with Gasteiger partial charge in [0.2, 0.25) is 0 Å². The zero-order chi connectivity index (χ0) is 14.8. The average molecular weight is 301 g/mol. The Morgan fingerprint density at radius 3 is 2.52 bits per heavy atom. The summed E-state index contributed by atoms with van der Waals surface area (Å²) in [7, 11) is 0. The molecular formula is C14H9ClN4O2. The van der Waals surface area contributed by atoms with E-state index in [1.807, 2.05) is 12.1 Å². The summed E-state index contributed by atoms with van der Waals surface area (Å²) >= 11 is 5.94. The summed E-state index contributed by atoms with van der Waals surface area (Å²) in [6.45, 7) is 0. The Morgan fingerprint density at radius 1 is 1.10 bits per heavy atom. The van der Waals surface area contributed by atoms with Gasteiger partial charge in [-0.05, 0) is 24.3 Å². The van der Waals surface area contributed by atoms with Gasteiger partial charge in [0.1, 0.15) is 0 Å². The Morgan fingerprint density at radius 2 is 1.86 bits per heavy atom. The fraction of sp³-hybridized carbons (Fsp3) is 0. The normalized spacial score (nSPS) is 10.5. The fourth-order valence-corrected chi connectivity index (χ4v) is 2.08. The van der Waals surface area contributed by atoms with Crippen LogP contribution >= 0.6 is 11.6 Å². The van der Waals surface area contributed by atoms with Crippen LogP contribution in [0.3, 0.4) is 0 Å². The Hall–Kier alpha value is -2.73. The van der Waals surface area contributed by atoms with Gasteiger partial charge in [0.05, 0.1) is 4.92 Å². The monoisotopic (exact) mass is 300 g/mol. The molecule has 0 saturated carbocycles. The van der Waals surface area contributed by atoms with Gasteiger partial charge in [-0.1, -0.05) is 23.7 Å². The van der Waals surface area contributed by atoms with Crippen molar-refractivity contribution >= 4 is 17.3 Å². The quantitative estimate of drug-likeness (QED) is 0.590. The first-order valence-electron chi connectivity index (χ1n) is 6.06. The summed E-state index contributed by atoms with van der Waals surface area (Å²) in [4.78, 5) is 14.6. The predicted molar refractivity (Wildman–Crippen MR) is 78.9 cm³/mol. The molecule has 0 unspecified atom stereocenters. The predicted octanol–water partition coefficient (Wildman–Crippen LogP) is 3.70. The standard InChI is InChI=1S/C14H9ClN4O2/c15-11-3-1-2-10(8-11)14-16-13(17-18-14)9-4-6-12(7-5-9)19(20)21/h1-8H,(H,16,17,18). The number of non-ortho nitro benzene ring substituents is 1. The summed E-state index contributed by atoms with van der Waals surface area (Å²) < 4.78 is 0. The lowest BCUT2D eigenvalue weighted by Crippen LogP contribution is -1.87. The second-order valence-corrected chi connectivity index (χ2v) is 4.76. The van der Waals surface area contributed by atoms with Crippen LogP contribution in [0.4, 0.5) is 5.69 Å². The van der Waals surface area contributed by atoms with Crippen molar-refractivity contribution in [2.24, 2.45) is 0 Å². The molecule has 0 bridgehead atoms. The van der Waals surface area contributed by atoms with Crippen LogP contribution in [-0.4, -0.2) is 20.1 Å². The smallest absolute Gasteiger partial charge is 0.259 e. The van der Waals surface area contributed by atoms with Gasteiger partial charge in [0.25, 0.3) is 5.69 Å². The highest BCUT2D eigenvalue weighted by Crippen LogP contribution is 2.23. The molecule has 0 atom stereocenters. The molecule has 2 aromatic carbocycles. The average Bonchev–Trinajstić information content (AvgIpc) is 2.97. The van der Waals surface area contributed by atoms with E-state index >= 15 is 0 Å². The summed E-state index contributed by atoms with van der Waals surface area (Å²) in [5.74, 6) is 1.06. The molecule has 21 heavy (non-hydrogen) atoms. The first kappa shape index (κ1) is 13.3. The van der Waals surface area contributed by atoms with Crippen molar-refractivity contribution in [3.05, 3.63) is 63.7 Å². The number of hydrogen-bond donors (Lipinski definition) is 1. The summed E-state index contributed by atoms with van der Waals surface area (Å²) in [5, 5.41) is 18.2. The Balaban J connectivity index is 1.93. The molecule has 3 rings (SSSR count). The minimum absolute atomic E-state index is 0.0355. The lowest BCUT2D eigenvalue weighted by atomic mass is 10.2. The van der Waals surface area contributed by atoms with Crippen LogP contribution in [0.2, 0.25) is 5.02 Å². The third-order valence-electron chi connectivity index (χ3n) is 2.92. The SMILES string of the molecule is O=[N+]([O-])c1ccc(-c2nc(-c3cccc(Cl)c3)n[nH]2)cc1. The zero-order valence-corrected chi connectivity index (χ0v) is 11.4. The summed E-state index contributed by atoms with van der Waals surface area (Å²) in [6.07, 6.45) is 0. The van der Waals surface area contributed by atoms with Crippen LogP contribution in [0.5, 0.6) is 0 Å². The molecule has 0 fully saturated rings. The molecule has 1 N–H and O–H groups in total. The number of aromatic amines is 1. The van der Waals surface area contributed by atoms with E-state index in [9.17, 15) is 10.1 Å². The number of hydrogen-bond acceptors (Lipinski definition) is 4. The molecule has 0 amide bonds. The van der Waals surface area contributed by atoms with Gasteiger partial charge < -0.3 is 0 Å². The van der Waals surface area contributed by atoms with E-state index in [1.54, 1.807) is 24.3 Å². The molecular weight excluding hydrogens is 292 g/mol. The van der Waals surface area contributed by atoms with Crippen LogP contribution in [0.15, 0.2) is 48.5 Å². The fourth-order valence-electron chi connectivity index (χ4n) is 1.89. The largest absolute Gasteiger partial charge is 0.269 e. The Bertz CT molecular complexity index is 799. The molecule has 6 nitrogen and oxygen atoms in total. The van der Waals surface area contributed by atoms with Crippen LogP contribution in [-0.2, 0) is 0 Å². The van der Waals surface area contributed by atoms with Crippen LogP contribution in [0.25, 0.3) is 22.8 Å². The van der Waals surface area contributed by atoms with Crippen molar-refractivity contribution < 1.29 is 4.92 Å². The van der Waals surface area contributed by atoms with Gasteiger partial charge in [0, 0.05) is 28.3 Å². The van der Waals surface area contributed by atoms with Crippen molar-refractivity contribution in [2.45, 2.75) is 0 Å². The number of rotatable bonds is 3. The first-order chi connectivity index (χ1) is 10.1. The van der Waals surface area contributed by atoms with E-state index in [0.717, 1.165) is 11.1 Å². The van der Waals surface area contributed by atoms with E-state index in [-0.39, 0.29) is 5.69 Å². The number of H-pyrrole nitrogens is 1. The number of nitrogens with one attached hydrogen (secondary N) is 1. The number of nitrogens with zero attached hydrogens (tertiary/aromatic N) is 3. The van der Waals surface area contributed by atoms with E-state index in [0.29, 0.717) is 16.7 Å². The van der Waals surface area contributed by atoms with E-state index in [4.69, 9.17) is 11.6 Å². The maximum Gasteiger partial charge on any atom is 0.269 e. The highest BCUT2D eigenvalue weighted by Gasteiger charge is 2.10. The third kappa shape index (κ3) is 2.75. The molecule has 3 aromatic rings. The van der Waals surface area contributed by atoms with Gasteiger partial charge in [0.15, 0.2) is 11.6 Å². The minimum Gasteiger partial charge on any atom is -0.259 e. The number of nitro groups is 1. The van der Waals surface area contributed by atoms with E-state index in [1.165, 1.54) is 12.1 Å². The van der Waals surface area contributed by atoms with Gasteiger partial charge in [-0.2, -0.15) is 5.10 Å². The van der Waals surface area contributed by atoms with Crippen molar-refractivity contribution in [3.63, 3.8) is 0 Å². The van der Waals surface area contributed by atoms with Gasteiger partial charge >= 0.3 is 0 Å². The summed E-state index contributed by atoms with van der Waals surface area (Å²) in [6, 6.07) is 13.3. The lowest BCUT2D eigenvalue weighted by molar-refractivity contribution is -0.384. The number of benzene rings is 2. The molecule has 1 heterocycles. The Kier molecular flexibility index (Phi) is 3.37. The molecule has 0 radical (unpaired) electrons. The minimum atomic E-state index is -0.443. The molecule has 1 aromatic heterocycles. The lowest BCUT2D eigenvalue weighted by Gasteiger charge is -1.96. The third-order valence-corrected chi connectivity index (χ3v) is 3.15. The second kappa shape index (κ2) is 5.34. The first-order valence-corrected chi connectivity index (χ1v) is 6.44. The van der Waals surface area contributed by atoms with Gasteiger partial charge in [-0.25, -0.2) is 4.98 Å². The van der Waals surface area contributed by atoms with E-state index in [2.05, 4.69) is 15.2 Å². The number of nitro benzene ring substituents is 1. The molecule has 104 valence electrons. The highest BCUT2D eigenvalue weighted by atomic mass is 35.5. The maximum atomic E-state index is 10.6. The van der Waals surface area contributed by atoms with Crippen LogP contribution in [0, 0.1) is 10.1 Å². The molecule has 0 aliphatic carbocycles. The second-order valence-electron chi connectivity index (χ2n) is 4.32. The van der Waals surface area contributed by atoms with Gasteiger partial charge in [-0.3, -0.25) is 15.2 Å². The van der Waals surface area contributed by atoms with Crippen molar-refractivity contribution in [1.82, 2.24) is 15.2 Å².